The van der Waals surface area contributed by atoms with Crippen LogP contribution < -0.4 is 11.3 Å². The Bertz CT molecular complexity index is 273. The molecule has 0 aliphatic carbocycles. The van der Waals surface area contributed by atoms with Gasteiger partial charge in [-0.1, -0.05) is 0 Å². The molecule has 2 saturated heterocycles. The number of hydrogen-bond acceptors (Lipinski definition) is 4. The lowest BCUT2D eigenvalue weighted by molar-refractivity contribution is -0.0168. The molecule has 3 N–H and O–H groups in total. The van der Waals surface area contributed by atoms with E-state index in [9.17, 15) is 0 Å². The highest BCUT2D eigenvalue weighted by molar-refractivity contribution is 5.79. The van der Waals surface area contributed by atoms with Crippen LogP contribution in [-0.2, 0) is 9.47 Å². The van der Waals surface area contributed by atoms with E-state index in [1.54, 1.807) is 0 Å². The van der Waals surface area contributed by atoms with Crippen LogP contribution in [0.1, 0.15) is 26.2 Å². The number of morpholine rings is 1. The number of rotatable bonds is 5. The van der Waals surface area contributed by atoms with Gasteiger partial charge in [0, 0.05) is 32.8 Å². The van der Waals surface area contributed by atoms with E-state index in [-0.39, 0.29) is 0 Å². The number of likely N-dealkylation sites (tertiary alicyclic amines) is 1. The van der Waals surface area contributed by atoms with Crippen molar-refractivity contribution < 1.29 is 9.47 Å². The molecule has 2 aliphatic heterocycles. The van der Waals surface area contributed by atoms with Crippen molar-refractivity contribution in [1.29, 1.82) is 0 Å². The van der Waals surface area contributed by atoms with Crippen LogP contribution in [0.3, 0.4) is 0 Å². The molecule has 6 nitrogen and oxygen atoms in total. The number of ether oxygens (including phenoxy) is 2. The van der Waals surface area contributed by atoms with Crippen LogP contribution in [0.5, 0.6) is 0 Å². The van der Waals surface area contributed by atoms with Gasteiger partial charge < -0.3 is 14.4 Å². The maximum Gasteiger partial charge on any atom is 0.208 e. The molecule has 0 spiro atoms. The molecular formula is C12H24N4O2. The van der Waals surface area contributed by atoms with Crippen molar-refractivity contribution in [3.05, 3.63) is 0 Å². The van der Waals surface area contributed by atoms with Crippen molar-refractivity contribution in [2.75, 3.05) is 32.8 Å². The zero-order valence-corrected chi connectivity index (χ0v) is 11.1. The van der Waals surface area contributed by atoms with E-state index in [1.165, 1.54) is 0 Å². The Labute approximate surface area is 108 Å². The number of nitrogens with zero attached hydrogens (tertiary/aromatic N) is 2. The quantitative estimate of drug-likeness (QED) is 0.240. The third-order valence-electron chi connectivity index (χ3n) is 3.38. The Morgan fingerprint density at radius 2 is 2.17 bits per heavy atom. The fourth-order valence-corrected chi connectivity index (χ4v) is 2.52. The summed E-state index contributed by atoms with van der Waals surface area (Å²) in [4.78, 5) is 6.71. The summed E-state index contributed by atoms with van der Waals surface area (Å²) in [6.07, 6.45) is 3.94. The minimum Gasteiger partial charge on any atom is -0.382 e. The molecule has 2 unspecified atom stereocenters. The molecule has 0 saturated carbocycles. The fourth-order valence-electron chi connectivity index (χ4n) is 2.52. The van der Waals surface area contributed by atoms with Gasteiger partial charge in [-0.25, -0.2) is 5.84 Å². The molecule has 0 radical (unpaired) electrons. The van der Waals surface area contributed by atoms with Gasteiger partial charge in [-0.2, -0.15) is 0 Å². The van der Waals surface area contributed by atoms with Crippen molar-refractivity contribution in [3.8, 4) is 0 Å². The van der Waals surface area contributed by atoms with Gasteiger partial charge in [0.05, 0.1) is 12.2 Å². The summed E-state index contributed by atoms with van der Waals surface area (Å²) in [5.41, 5.74) is 2.71. The number of hydrogen-bond donors (Lipinski definition) is 2. The molecule has 0 amide bonds. The normalized spacial score (nSPS) is 27.7. The minimum absolute atomic E-state index is 0.353. The number of fused-ring (bicyclic) bond motifs is 2. The highest BCUT2D eigenvalue weighted by Crippen LogP contribution is 2.26. The smallest absolute Gasteiger partial charge is 0.208 e. The van der Waals surface area contributed by atoms with E-state index >= 15 is 0 Å². The van der Waals surface area contributed by atoms with E-state index in [4.69, 9.17) is 15.3 Å². The van der Waals surface area contributed by atoms with Crippen LogP contribution in [0.25, 0.3) is 0 Å². The fraction of sp³-hybridized carbons (Fsp3) is 0.917. The van der Waals surface area contributed by atoms with Gasteiger partial charge in [0.1, 0.15) is 0 Å². The Kier molecular flexibility index (Phi) is 5.22. The Morgan fingerprint density at radius 3 is 2.78 bits per heavy atom. The van der Waals surface area contributed by atoms with Crippen LogP contribution in [0, 0.1) is 0 Å². The Morgan fingerprint density at radius 1 is 1.44 bits per heavy atom. The van der Waals surface area contributed by atoms with Crippen molar-refractivity contribution in [1.82, 2.24) is 10.3 Å². The van der Waals surface area contributed by atoms with Crippen LogP contribution in [0.2, 0.25) is 0 Å². The van der Waals surface area contributed by atoms with E-state index in [1.807, 2.05) is 6.92 Å². The maximum absolute atomic E-state index is 5.79. The first-order valence-electron chi connectivity index (χ1n) is 6.82. The van der Waals surface area contributed by atoms with E-state index in [0.717, 1.165) is 58.1 Å². The Balaban J connectivity index is 1.78. The Hall–Kier alpha value is -0.850. The molecule has 104 valence electrons. The van der Waals surface area contributed by atoms with Crippen LogP contribution in [0.15, 0.2) is 4.99 Å². The molecule has 2 fully saturated rings. The predicted octanol–water partition coefficient (Wildman–Crippen LogP) is 0.0955. The summed E-state index contributed by atoms with van der Waals surface area (Å²) in [5.74, 6) is 6.35. The molecule has 2 bridgehead atoms. The summed E-state index contributed by atoms with van der Waals surface area (Å²) in [7, 11) is 0. The highest BCUT2D eigenvalue weighted by atomic mass is 16.5. The van der Waals surface area contributed by atoms with Crippen LogP contribution in [0.4, 0.5) is 0 Å². The maximum atomic E-state index is 5.79. The molecule has 2 heterocycles. The monoisotopic (exact) mass is 256 g/mol. The number of hydrazine groups is 1. The largest absolute Gasteiger partial charge is 0.382 e. The van der Waals surface area contributed by atoms with Gasteiger partial charge >= 0.3 is 0 Å². The second-order valence-electron chi connectivity index (χ2n) is 4.76. The summed E-state index contributed by atoms with van der Waals surface area (Å²) < 4.78 is 11.1. The van der Waals surface area contributed by atoms with Gasteiger partial charge in [-0.05, 0) is 26.2 Å². The van der Waals surface area contributed by atoms with Crippen LogP contribution in [-0.4, -0.2) is 55.9 Å². The van der Waals surface area contributed by atoms with Gasteiger partial charge in [-0.3, -0.25) is 10.4 Å². The third-order valence-corrected chi connectivity index (χ3v) is 3.38. The van der Waals surface area contributed by atoms with Gasteiger partial charge in [0.15, 0.2) is 0 Å². The zero-order chi connectivity index (χ0) is 12.8. The first-order chi connectivity index (χ1) is 8.83. The van der Waals surface area contributed by atoms with Crippen molar-refractivity contribution >= 4 is 5.96 Å². The van der Waals surface area contributed by atoms with Gasteiger partial charge in [0.2, 0.25) is 5.96 Å². The zero-order valence-electron chi connectivity index (χ0n) is 11.1. The van der Waals surface area contributed by atoms with E-state index in [0.29, 0.717) is 12.2 Å². The van der Waals surface area contributed by atoms with Gasteiger partial charge in [-0.15, -0.1) is 0 Å². The molecule has 2 aliphatic rings. The molecular weight excluding hydrogens is 232 g/mol. The van der Waals surface area contributed by atoms with Crippen molar-refractivity contribution in [2.24, 2.45) is 10.8 Å². The van der Waals surface area contributed by atoms with Crippen molar-refractivity contribution in [2.45, 2.75) is 38.4 Å². The van der Waals surface area contributed by atoms with E-state index < -0.39 is 0 Å². The predicted molar refractivity (Wildman–Crippen MR) is 70.2 cm³/mol. The molecule has 0 aromatic heterocycles. The first-order valence-corrected chi connectivity index (χ1v) is 6.82. The topological polar surface area (TPSA) is 72.1 Å². The second kappa shape index (κ2) is 6.92. The summed E-state index contributed by atoms with van der Waals surface area (Å²) in [5, 5.41) is 0. The number of guanidine groups is 1. The molecule has 2 atom stereocenters. The number of nitrogens with one attached hydrogen (secondary N) is 1. The average Bonchev–Trinajstić information content (AvgIpc) is 2.73. The van der Waals surface area contributed by atoms with E-state index in [2.05, 4.69) is 15.3 Å². The number of aliphatic imine (C=N–C) groups is 1. The summed E-state index contributed by atoms with van der Waals surface area (Å²) in [6, 6.07) is 0. The molecule has 2 rings (SSSR count). The third kappa shape index (κ3) is 3.57. The van der Waals surface area contributed by atoms with Gasteiger partial charge in [0.25, 0.3) is 0 Å². The summed E-state index contributed by atoms with van der Waals surface area (Å²) >= 11 is 0. The highest BCUT2D eigenvalue weighted by Gasteiger charge is 2.34. The molecule has 0 aromatic carbocycles. The first kappa shape index (κ1) is 13.6. The number of nitrogens with two attached hydrogens (primary N) is 1. The molecule has 6 heteroatoms. The van der Waals surface area contributed by atoms with Crippen LogP contribution >= 0.6 is 0 Å². The standard InChI is InChI=1S/C12H24N4O2/c1-2-17-7-3-6-14-12(15-13)16-8-10-4-5-11(9-16)18-10/h10-11H,2-9,13H2,1H3,(H,14,15). The molecule has 18 heavy (non-hydrogen) atoms. The summed E-state index contributed by atoms with van der Waals surface area (Å²) in [6.45, 7) is 6.05. The average molecular weight is 256 g/mol. The SMILES string of the molecule is CCOCCCN=C(NN)N1CC2CCC(C1)O2. The minimum atomic E-state index is 0.353. The second-order valence-corrected chi connectivity index (χ2v) is 4.76. The molecule has 0 aromatic rings. The van der Waals surface area contributed by atoms with Crippen molar-refractivity contribution in [3.63, 3.8) is 0 Å². The lowest BCUT2D eigenvalue weighted by atomic mass is 10.2. The lowest BCUT2D eigenvalue weighted by Gasteiger charge is -2.33. The lowest BCUT2D eigenvalue weighted by Crippen LogP contribution is -2.52.